The van der Waals surface area contributed by atoms with Crippen molar-refractivity contribution in [2.24, 2.45) is 5.92 Å². The van der Waals surface area contributed by atoms with Gasteiger partial charge in [-0.05, 0) is 35.7 Å². The highest BCUT2D eigenvalue weighted by molar-refractivity contribution is 6.30. The average molecular weight is 372 g/mol. The zero-order chi connectivity index (χ0) is 17.9. The molecule has 0 unspecified atom stereocenters. The number of halogens is 1. The van der Waals surface area contributed by atoms with Crippen LogP contribution in [-0.2, 0) is 22.6 Å². The molecule has 4 rings (SSSR count). The molecule has 2 aromatic rings. The number of hydrogen-bond donors (Lipinski definition) is 1. The molecule has 2 aliphatic heterocycles. The summed E-state index contributed by atoms with van der Waals surface area (Å²) >= 11 is 6.08. The summed E-state index contributed by atoms with van der Waals surface area (Å²) in [6, 6.07) is 11.8. The van der Waals surface area contributed by atoms with Crippen LogP contribution in [0.2, 0.25) is 5.02 Å². The fourth-order valence-electron chi connectivity index (χ4n) is 3.86. The predicted octanol–water partition coefficient (Wildman–Crippen LogP) is 2.64. The van der Waals surface area contributed by atoms with Gasteiger partial charge in [0.05, 0.1) is 18.1 Å². The van der Waals surface area contributed by atoms with E-state index in [-0.39, 0.29) is 24.0 Å². The average Bonchev–Trinajstić information content (AvgIpc) is 2.95. The summed E-state index contributed by atoms with van der Waals surface area (Å²) in [4.78, 5) is 19.1. The minimum Gasteiger partial charge on any atom is -0.371 e. The van der Waals surface area contributed by atoms with Crippen molar-refractivity contribution in [3.63, 3.8) is 0 Å². The quantitative estimate of drug-likeness (QED) is 0.877. The highest BCUT2D eigenvalue weighted by Gasteiger charge is 2.44. The maximum absolute atomic E-state index is 12.6. The molecule has 1 aromatic heterocycles. The van der Waals surface area contributed by atoms with Gasteiger partial charge < -0.3 is 10.1 Å². The van der Waals surface area contributed by atoms with Crippen LogP contribution in [0.3, 0.4) is 0 Å². The lowest BCUT2D eigenvalue weighted by Gasteiger charge is -2.32. The van der Waals surface area contributed by atoms with Gasteiger partial charge in [0.2, 0.25) is 5.91 Å². The van der Waals surface area contributed by atoms with E-state index >= 15 is 0 Å². The van der Waals surface area contributed by atoms with Gasteiger partial charge >= 0.3 is 0 Å². The van der Waals surface area contributed by atoms with E-state index < -0.39 is 0 Å². The van der Waals surface area contributed by atoms with Crippen LogP contribution >= 0.6 is 11.6 Å². The topological polar surface area (TPSA) is 54.5 Å². The van der Waals surface area contributed by atoms with E-state index in [1.807, 2.05) is 30.3 Å². The van der Waals surface area contributed by atoms with Crippen LogP contribution in [0, 0.1) is 5.92 Å². The van der Waals surface area contributed by atoms with Gasteiger partial charge in [0.15, 0.2) is 0 Å². The maximum atomic E-state index is 12.6. The number of morpholine rings is 1. The van der Waals surface area contributed by atoms with Gasteiger partial charge in [-0.2, -0.15) is 0 Å². The summed E-state index contributed by atoms with van der Waals surface area (Å²) in [5.41, 5.74) is 2.20. The Hall–Kier alpha value is -1.95. The van der Waals surface area contributed by atoms with E-state index in [1.54, 1.807) is 12.4 Å². The van der Waals surface area contributed by atoms with Crippen LogP contribution in [0.4, 0.5) is 0 Å². The number of benzene rings is 1. The molecule has 1 amide bonds. The maximum Gasteiger partial charge on any atom is 0.226 e. The molecular weight excluding hydrogens is 350 g/mol. The van der Waals surface area contributed by atoms with E-state index in [4.69, 9.17) is 16.3 Å². The number of nitrogens with one attached hydrogen (secondary N) is 1. The molecule has 1 aromatic carbocycles. The van der Waals surface area contributed by atoms with Crippen molar-refractivity contribution in [1.82, 2.24) is 15.2 Å². The minimum absolute atomic E-state index is 0.0400. The first-order valence-electron chi connectivity index (χ1n) is 8.96. The number of carbonyl (C=O) groups is 1. The Morgan fingerprint density at radius 1 is 1.27 bits per heavy atom. The number of likely N-dealkylation sites (tertiary alicyclic amines) is 1. The van der Waals surface area contributed by atoms with Crippen LogP contribution in [0.25, 0.3) is 0 Å². The Bertz CT molecular complexity index is 771. The summed E-state index contributed by atoms with van der Waals surface area (Å²) in [5, 5.41) is 3.79. The molecule has 0 spiro atoms. The lowest BCUT2D eigenvalue weighted by Crippen LogP contribution is -2.44. The monoisotopic (exact) mass is 371 g/mol. The third kappa shape index (κ3) is 4.06. The molecule has 0 radical (unpaired) electrons. The number of rotatable bonds is 5. The molecule has 1 N–H and O–H groups in total. The third-order valence-electron chi connectivity index (χ3n) is 5.05. The molecule has 136 valence electrons. The van der Waals surface area contributed by atoms with Crippen LogP contribution in [0.1, 0.15) is 17.5 Å². The molecular formula is C20H22ClN3O2. The summed E-state index contributed by atoms with van der Waals surface area (Å²) < 4.78 is 6.03. The molecule has 2 fully saturated rings. The molecule has 2 aliphatic rings. The Balaban J connectivity index is 1.34. The first kappa shape index (κ1) is 17.5. The van der Waals surface area contributed by atoms with Crippen LogP contribution in [0.15, 0.2) is 48.8 Å². The Labute approximate surface area is 158 Å². The summed E-state index contributed by atoms with van der Waals surface area (Å²) in [6.45, 7) is 2.97. The molecule has 26 heavy (non-hydrogen) atoms. The SMILES string of the molecule is O=C(NCc1cccnc1)[C@H]1C[C@H]2CN(Cc3cccc(Cl)c3)C[C@H]1O2. The fraction of sp³-hybridized carbons (Fsp3) is 0.400. The molecule has 5 nitrogen and oxygen atoms in total. The van der Waals surface area contributed by atoms with Crippen molar-refractivity contribution >= 4 is 17.5 Å². The lowest BCUT2D eigenvalue weighted by molar-refractivity contribution is -0.128. The van der Waals surface area contributed by atoms with Gasteiger partial charge in [-0.25, -0.2) is 0 Å². The number of carbonyl (C=O) groups excluding carboxylic acids is 1. The van der Waals surface area contributed by atoms with Crippen molar-refractivity contribution in [1.29, 1.82) is 0 Å². The second-order valence-corrected chi connectivity index (χ2v) is 7.48. The van der Waals surface area contributed by atoms with Gasteiger partial charge in [0.1, 0.15) is 0 Å². The molecule has 0 saturated carbocycles. The van der Waals surface area contributed by atoms with Crippen LogP contribution in [-0.4, -0.2) is 41.1 Å². The van der Waals surface area contributed by atoms with Gasteiger partial charge in [0, 0.05) is 43.6 Å². The van der Waals surface area contributed by atoms with Gasteiger partial charge in [-0.1, -0.05) is 29.8 Å². The summed E-state index contributed by atoms with van der Waals surface area (Å²) in [5.74, 6) is -0.00742. The zero-order valence-corrected chi connectivity index (χ0v) is 15.2. The number of aromatic nitrogens is 1. The highest BCUT2D eigenvalue weighted by atomic mass is 35.5. The lowest BCUT2D eigenvalue weighted by atomic mass is 9.99. The molecule has 6 heteroatoms. The number of pyridine rings is 1. The second kappa shape index (κ2) is 7.74. The Morgan fingerprint density at radius 2 is 2.15 bits per heavy atom. The van der Waals surface area contributed by atoms with Crippen molar-refractivity contribution in [2.75, 3.05) is 13.1 Å². The van der Waals surface area contributed by atoms with E-state index in [9.17, 15) is 4.79 Å². The van der Waals surface area contributed by atoms with E-state index in [1.165, 1.54) is 5.56 Å². The number of hydrogen-bond acceptors (Lipinski definition) is 4. The van der Waals surface area contributed by atoms with E-state index in [0.717, 1.165) is 36.6 Å². The molecule has 2 saturated heterocycles. The predicted molar refractivity (Wildman–Crippen MR) is 99.6 cm³/mol. The van der Waals surface area contributed by atoms with E-state index in [2.05, 4.69) is 21.3 Å². The fourth-order valence-corrected chi connectivity index (χ4v) is 4.07. The minimum atomic E-state index is -0.0824. The standard InChI is InChI=1S/C20H22ClN3O2/c21-16-5-1-3-14(7-16)11-24-12-17-8-18(19(13-24)26-17)20(25)23-10-15-4-2-6-22-9-15/h1-7,9,17-19H,8,10-13H2,(H,23,25)/t17-,18-,19+/m0/s1. The van der Waals surface area contributed by atoms with Crippen molar-refractivity contribution in [3.8, 4) is 0 Å². The Morgan fingerprint density at radius 3 is 2.96 bits per heavy atom. The largest absolute Gasteiger partial charge is 0.371 e. The second-order valence-electron chi connectivity index (χ2n) is 7.04. The highest BCUT2D eigenvalue weighted by Crippen LogP contribution is 2.32. The summed E-state index contributed by atoms with van der Waals surface area (Å²) in [6.07, 6.45) is 4.38. The third-order valence-corrected chi connectivity index (χ3v) is 5.29. The zero-order valence-electron chi connectivity index (χ0n) is 14.5. The van der Waals surface area contributed by atoms with Gasteiger partial charge in [-0.15, -0.1) is 0 Å². The van der Waals surface area contributed by atoms with Gasteiger partial charge in [0.25, 0.3) is 0 Å². The molecule has 3 heterocycles. The normalized spacial score (nSPS) is 25.2. The summed E-state index contributed by atoms with van der Waals surface area (Å²) in [7, 11) is 0. The van der Waals surface area contributed by atoms with Crippen LogP contribution in [0.5, 0.6) is 0 Å². The molecule has 0 aliphatic carbocycles. The van der Waals surface area contributed by atoms with Crippen molar-refractivity contribution in [3.05, 3.63) is 64.9 Å². The molecule has 2 bridgehead atoms. The van der Waals surface area contributed by atoms with Crippen molar-refractivity contribution in [2.45, 2.75) is 31.7 Å². The van der Waals surface area contributed by atoms with Crippen molar-refractivity contribution < 1.29 is 9.53 Å². The molecule has 3 atom stereocenters. The number of amides is 1. The number of nitrogens with zero attached hydrogens (tertiary/aromatic N) is 2. The van der Waals surface area contributed by atoms with Gasteiger partial charge in [-0.3, -0.25) is 14.7 Å². The first-order valence-corrected chi connectivity index (χ1v) is 9.34. The number of fused-ring (bicyclic) bond motifs is 2. The van der Waals surface area contributed by atoms with Crippen LogP contribution < -0.4 is 5.32 Å². The van der Waals surface area contributed by atoms with E-state index in [0.29, 0.717) is 6.54 Å². The smallest absolute Gasteiger partial charge is 0.226 e. The Kier molecular flexibility index (Phi) is 5.20. The number of ether oxygens (including phenoxy) is 1. The first-order chi connectivity index (χ1) is 12.7.